The van der Waals surface area contributed by atoms with Gasteiger partial charge in [0.1, 0.15) is 0 Å². The van der Waals surface area contributed by atoms with Gasteiger partial charge in [-0.2, -0.15) is 0 Å². The number of fused-ring (bicyclic) bond motifs is 1. The molecule has 1 amide bonds. The molecule has 1 fully saturated rings. The Hall–Kier alpha value is -2.58. The van der Waals surface area contributed by atoms with E-state index in [0.29, 0.717) is 25.5 Å². The summed E-state index contributed by atoms with van der Waals surface area (Å²) >= 11 is 0. The lowest BCUT2D eigenvalue weighted by atomic mass is 9.74. The molecule has 7 nitrogen and oxygen atoms in total. The minimum Gasteiger partial charge on any atom is -0.454 e. The molecule has 2 heterocycles. The Morgan fingerprint density at radius 2 is 1.74 bits per heavy atom. The number of aryl methyl sites for hydroxylation is 1. The SMILES string of the molecule is Cc1ccc(S(=O)(=O)CCC(=O)NCC2(c3ccc4c(c3)OCO4)CCOCC2)cc1. The highest BCUT2D eigenvalue weighted by Gasteiger charge is 2.36. The molecule has 0 spiro atoms. The molecule has 1 N–H and O–H groups in total. The normalized spacial score (nSPS) is 17.3. The fourth-order valence-corrected chi connectivity index (χ4v) is 5.24. The second-order valence-electron chi connectivity index (χ2n) is 8.12. The Balaban J connectivity index is 1.40. The van der Waals surface area contributed by atoms with Crippen molar-refractivity contribution in [1.29, 1.82) is 0 Å². The second kappa shape index (κ2) is 8.88. The van der Waals surface area contributed by atoms with Gasteiger partial charge in [-0.05, 0) is 49.6 Å². The number of benzene rings is 2. The van der Waals surface area contributed by atoms with Crippen LogP contribution < -0.4 is 14.8 Å². The lowest BCUT2D eigenvalue weighted by Gasteiger charge is -2.38. The summed E-state index contributed by atoms with van der Waals surface area (Å²) in [4.78, 5) is 12.8. The van der Waals surface area contributed by atoms with Crippen LogP contribution in [0.15, 0.2) is 47.4 Å². The van der Waals surface area contributed by atoms with Crippen LogP contribution in [0, 0.1) is 6.92 Å². The number of nitrogens with one attached hydrogen (secondary N) is 1. The fourth-order valence-electron chi connectivity index (χ4n) is 4.00. The highest BCUT2D eigenvalue weighted by Crippen LogP contribution is 2.40. The number of hydrogen-bond acceptors (Lipinski definition) is 6. The minimum atomic E-state index is -3.50. The Labute approximate surface area is 182 Å². The number of sulfone groups is 1. The predicted octanol–water partition coefficient (Wildman–Crippen LogP) is 2.75. The van der Waals surface area contributed by atoms with Crippen molar-refractivity contribution < 1.29 is 27.4 Å². The van der Waals surface area contributed by atoms with Gasteiger partial charge in [-0.3, -0.25) is 4.79 Å². The summed E-state index contributed by atoms with van der Waals surface area (Å²) in [5, 5.41) is 2.96. The first kappa shape index (κ1) is 21.6. The zero-order valence-corrected chi connectivity index (χ0v) is 18.4. The van der Waals surface area contributed by atoms with Crippen LogP contribution in [0.25, 0.3) is 0 Å². The van der Waals surface area contributed by atoms with E-state index in [1.807, 2.05) is 25.1 Å². The van der Waals surface area contributed by atoms with Crippen molar-refractivity contribution >= 4 is 15.7 Å². The van der Waals surface area contributed by atoms with Gasteiger partial charge in [-0.1, -0.05) is 23.8 Å². The van der Waals surface area contributed by atoms with Gasteiger partial charge in [0.05, 0.1) is 10.6 Å². The largest absolute Gasteiger partial charge is 0.454 e. The molecule has 1 saturated heterocycles. The van der Waals surface area contributed by atoms with Gasteiger partial charge in [0.2, 0.25) is 12.7 Å². The van der Waals surface area contributed by atoms with Crippen LogP contribution in [-0.2, 0) is 24.8 Å². The molecule has 4 rings (SSSR count). The van der Waals surface area contributed by atoms with Gasteiger partial charge < -0.3 is 19.5 Å². The molecule has 0 saturated carbocycles. The molecule has 0 bridgehead atoms. The highest BCUT2D eigenvalue weighted by atomic mass is 32.2. The molecular formula is C23H27NO6S. The quantitative estimate of drug-likeness (QED) is 0.705. The third kappa shape index (κ3) is 4.85. The third-order valence-electron chi connectivity index (χ3n) is 6.04. The molecule has 31 heavy (non-hydrogen) atoms. The van der Waals surface area contributed by atoms with E-state index in [9.17, 15) is 13.2 Å². The Kier molecular flexibility index (Phi) is 6.20. The van der Waals surface area contributed by atoms with E-state index in [1.54, 1.807) is 24.3 Å². The monoisotopic (exact) mass is 445 g/mol. The average molecular weight is 446 g/mol. The molecule has 8 heteroatoms. The molecule has 0 unspecified atom stereocenters. The number of rotatable bonds is 7. The van der Waals surface area contributed by atoms with Crippen LogP contribution in [0.4, 0.5) is 0 Å². The van der Waals surface area contributed by atoms with Crippen LogP contribution in [-0.4, -0.2) is 46.6 Å². The van der Waals surface area contributed by atoms with E-state index in [2.05, 4.69) is 5.32 Å². The van der Waals surface area contributed by atoms with Gasteiger partial charge in [0.25, 0.3) is 0 Å². The summed E-state index contributed by atoms with van der Waals surface area (Å²) < 4.78 is 41.5. The Bertz CT molecular complexity index is 1040. The van der Waals surface area contributed by atoms with Crippen molar-refractivity contribution in [2.75, 3.05) is 32.3 Å². The Morgan fingerprint density at radius 3 is 2.48 bits per heavy atom. The first-order valence-corrected chi connectivity index (χ1v) is 12.1. The van der Waals surface area contributed by atoms with Crippen molar-refractivity contribution in [2.45, 2.75) is 36.5 Å². The first-order chi connectivity index (χ1) is 14.9. The number of ether oxygens (including phenoxy) is 3. The van der Waals surface area contributed by atoms with E-state index in [0.717, 1.165) is 29.7 Å². The molecule has 2 aliphatic heterocycles. The van der Waals surface area contributed by atoms with Crippen LogP contribution in [0.3, 0.4) is 0 Å². The zero-order valence-electron chi connectivity index (χ0n) is 17.6. The first-order valence-electron chi connectivity index (χ1n) is 10.4. The van der Waals surface area contributed by atoms with E-state index in [1.165, 1.54) is 0 Å². The van der Waals surface area contributed by atoms with Gasteiger partial charge >= 0.3 is 0 Å². The average Bonchev–Trinajstić information content (AvgIpc) is 3.25. The van der Waals surface area contributed by atoms with Gasteiger partial charge in [-0.15, -0.1) is 0 Å². The van der Waals surface area contributed by atoms with Crippen LogP contribution in [0.1, 0.15) is 30.4 Å². The molecule has 2 aromatic carbocycles. The summed E-state index contributed by atoms with van der Waals surface area (Å²) in [7, 11) is -3.50. The summed E-state index contributed by atoms with van der Waals surface area (Å²) in [6.45, 7) is 3.73. The van der Waals surface area contributed by atoms with Crippen LogP contribution in [0.2, 0.25) is 0 Å². The number of carbonyl (C=O) groups is 1. The maximum absolute atomic E-state index is 12.5. The van der Waals surface area contributed by atoms with Crippen molar-refractivity contribution in [3.05, 3.63) is 53.6 Å². The maximum Gasteiger partial charge on any atom is 0.231 e. The standard InChI is InChI=1S/C23H27NO6S/c1-17-2-5-19(6-3-17)31(26,27)13-8-22(25)24-15-23(9-11-28-12-10-23)18-4-7-20-21(14-18)30-16-29-20/h2-7,14H,8-13,15-16H2,1H3,(H,24,25). The lowest BCUT2D eigenvalue weighted by molar-refractivity contribution is -0.121. The van der Waals surface area contributed by atoms with Gasteiger partial charge in [-0.25, -0.2) is 8.42 Å². The van der Waals surface area contributed by atoms with E-state index >= 15 is 0 Å². The zero-order chi connectivity index (χ0) is 21.9. The summed E-state index contributed by atoms with van der Waals surface area (Å²) in [6.07, 6.45) is 1.44. The van der Waals surface area contributed by atoms with Gasteiger partial charge in [0.15, 0.2) is 21.3 Å². The van der Waals surface area contributed by atoms with Crippen LogP contribution >= 0.6 is 0 Å². The lowest BCUT2D eigenvalue weighted by Crippen LogP contribution is -2.44. The number of carbonyl (C=O) groups excluding carboxylic acids is 1. The number of hydrogen-bond donors (Lipinski definition) is 1. The summed E-state index contributed by atoms with van der Waals surface area (Å²) in [6, 6.07) is 12.6. The van der Waals surface area contributed by atoms with Gasteiger partial charge in [0, 0.05) is 31.6 Å². The molecule has 166 valence electrons. The van der Waals surface area contributed by atoms with E-state index in [4.69, 9.17) is 14.2 Å². The summed E-state index contributed by atoms with van der Waals surface area (Å²) in [5.74, 6) is 0.930. The molecule has 2 aliphatic rings. The number of amides is 1. The maximum atomic E-state index is 12.5. The second-order valence-corrected chi connectivity index (χ2v) is 10.2. The molecule has 0 aliphatic carbocycles. The van der Waals surface area contributed by atoms with Crippen molar-refractivity contribution in [3.63, 3.8) is 0 Å². The third-order valence-corrected chi connectivity index (χ3v) is 7.77. The minimum absolute atomic E-state index is 0.0794. The fraction of sp³-hybridized carbons (Fsp3) is 0.435. The van der Waals surface area contributed by atoms with Crippen molar-refractivity contribution in [1.82, 2.24) is 5.32 Å². The van der Waals surface area contributed by atoms with E-state index in [-0.39, 0.29) is 35.2 Å². The molecular weight excluding hydrogens is 418 g/mol. The topological polar surface area (TPSA) is 90.9 Å². The van der Waals surface area contributed by atoms with Crippen molar-refractivity contribution in [3.8, 4) is 11.5 Å². The molecule has 0 atom stereocenters. The Morgan fingerprint density at radius 1 is 1.03 bits per heavy atom. The molecule has 2 aromatic rings. The van der Waals surface area contributed by atoms with Crippen LogP contribution in [0.5, 0.6) is 11.5 Å². The van der Waals surface area contributed by atoms with Crippen molar-refractivity contribution in [2.24, 2.45) is 0 Å². The molecule has 0 radical (unpaired) electrons. The predicted molar refractivity (Wildman–Crippen MR) is 115 cm³/mol. The van der Waals surface area contributed by atoms with E-state index < -0.39 is 9.84 Å². The summed E-state index contributed by atoms with van der Waals surface area (Å²) in [5.41, 5.74) is 1.76. The molecule has 0 aromatic heterocycles. The highest BCUT2D eigenvalue weighted by molar-refractivity contribution is 7.91. The smallest absolute Gasteiger partial charge is 0.231 e.